The van der Waals surface area contributed by atoms with Gasteiger partial charge in [-0.15, -0.1) is 0 Å². The molecule has 0 radical (unpaired) electrons. The number of amides is 1. The van der Waals surface area contributed by atoms with Crippen molar-refractivity contribution in [3.05, 3.63) is 53.6 Å². The van der Waals surface area contributed by atoms with Crippen LogP contribution >= 0.6 is 11.3 Å². The summed E-state index contributed by atoms with van der Waals surface area (Å²) in [6.07, 6.45) is 0.342. The maximum Gasteiger partial charge on any atom is 0.230 e. The summed E-state index contributed by atoms with van der Waals surface area (Å²) in [4.78, 5) is 16.7. The lowest BCUT2D eigenvalue weighted by Gasteiger charge is -2.03. The molecule has 0 bridgehead atoms. The third kappa shape index (κ3) is 3.68. The standard InChI is InChI=1S/C18H18N2O2S/c1-3-22-14-5-4-6-15-17(14)20-18(23-15)19-16(21)11-13-9-7-12(2)8-10-13/h4-10H,3,11H2,1-2H3,(H,19,20,21). The van der Waals surface area contributed by atoms with Crippen LogP contribution in [0.25, 0.3) is 10.2 Å². The molecule has 2 aromatic carbocycles. The molecule has 0 unspecified atom stereocenters. The fourth-order valence-electron chi connectivity index (χ4n) is 2.30. The van der Waals surface area contributed by atoms with E-state index in [2.05, 4.69) is 10.3 Å². The van der Waals surface area contributed by atoms with E-state index in [1.165, 1.54) is 16.9 Å². The van der Waals surface area contributed by atoms with Crippen molar-refractivity contribution in [1.82, 2.24) is 4.98 Å². The van der Waals surface area contributed by atoms with Crippen molar-refractivity contribution in [1.29, 1.82) is 0 Å². The molecule has 0 saturated carbocycles. The third-order valence-corrected chi connectivity index (χ3v) is 4.35. The Morgan fingerprint density at radius 2 is 2.00 bits per heavy atom. The van der Waals surface area contributed by atoms with Crippen molar-refractivity contribution in [3.63, 3.8) is 0 Å². The number of rotatable bonds is 5. The number of carbonyl (C=O) groups excluding carboxylic acids is 1. The van der Waals surface area contributed by atoms with Crippen LogP contribution in [-0.4, -0.2) is 17.5 Å². The lowest BCUT2D eigenvalue weighted by molar-refractivity contribution is -0.115. The third-order valence-electron chi connectivity index (χ3n) is 3.41. The van der Waals surface area contributed by atoms with Gasteiger partial charge >= 0.3 is 0 Å². The van der Waals surface area contributed by atoms with Crippen molar-refractivity contribution in [2.24, 2.45) is 0 Å². The number of ether oxygens (including phenoxy) is 1. The molecule has 0 aliphatic rings. The summed E-state index contributed by atoms with van der Waals surface area (Å²) in [5.41, 5.74) is 2.97. The van der Waals surface area contributed by atoms with Gasteiger partial charge in [-0.25, -0.2) is 4.98 Å². The van der Waals surface area contributed by atoms with E-state index in [9.17, 15) is 4.79 Å². The van der Waals surface area contributed by atoms with Gasteiger partial charge in [0, 0.05) is 0 Å². The molecule has 118 valence electrons. The summed E-state index contributed by atoms with van der Waals surface area (Å²) >= 11 is 1.46. The van der Waals surface area contributed by atoms with Gasteiger partial charge < -0.3 is 10.1 Å². The second kappa shape index (κ2) is 6.79. The highest BCUT2D eigenvalue weighted by Gasteiger charge is 2.11. The quantitative estimate of drug-likeness (QED) is 0.765. The van der Waals surface area contributed by atoms with E-state index in [1.807, 2.05) is 56.3 Å². The molecule has 0 atom stereocenters. The van der Waals surface area contributed by atoms with Gasteiger partial charge in [0.25, 0.3) is 0 Å². The first-order valence-corrected chi connectivity index (χ1v) is 8.35. The topological polar surface area (TPSA) is 51.2 Å². The molecule has 0 aliphatic heterocycles. The van der Waals surface area contributed by atoms with Crippen molar-refractivity contribution >= 4 is 32.6 Å². The molecule has 0 spiro atoms. The van der Waals surface area contributed by atoms with E-state index in [1.54, 1.807) is 0 Å². The molecule has 5 heteroatoms. The van der Waals surface area contributed by atoms with Crippen LogP contribution in [0.4, 0.5) is 5.13 Å². The Labute approximate surface area is 139 Å². The Kier molecular flexibility index (Phi) is 4.57. The molecule has 1 aromatic heterocycles. The number of para-hydroxylation sites is 1. The number of hydrogen-bond acceptors (Lipinski definition) is 4. The molecule has 1 amide bonds. The van der Waals surface area contributed by atoms with Crippen LogP contribution in [0.1, 0.15) is 18.1 Å². The van der Waals surface area contributed by atoms with Gasteiger partial charge in [-0.05, 0) is 31.5 Å². The van der Waals surface area contributed by atoms with E-state index in [0.29, 0.717) is 18.2 Å². The van der Waals surface area contributed by atoms with Crippen LogP contribution in [0.2, 0.25) is 0 Å². The average Bonchev–Trinajstić information content (AvgIpc) is 2.93. The molecule has 0 fully saturated rings. The van der Waals surface area contributed by atoms with Crippen molar-refractivity contribution < 1.29 is 9.53 Å². The van der Waals surface area contributed by atoms with E-state index < -0.39 is 0 Å². The van der Waals surface area contributed by atoms with Crippen molar-refractivity contribution in [3.8, 4) is 5.75 Å². The predicted octanol–water partition coefficient (Wildman–Crippen LogP) is 4.18. The Morgan fingerprint density at radius 3 is 2.74 bits per heavy atom. The van der Waals surface area contributed by atoms with Crippen molar-refractivity contribution in [2.45, 2.75) is 20.3 Å². The number of fused-ring (bicyclic) bond motifs is 1. The fraction of sp³-hybridized carbons (Fsp3) is 0.222. The van der Waals surface area contributed by atoms with Gasteiger partial charge in [0.05, 0.1) is 17.7 Å². The van der Waals surface area contributed by atoms with Gasteiger partial charge in [-0.3, -0.25) is 4.79 Å². The first-order chi connectivity index (χ1) is 11.2. The zero-order chi connectivity index (χ0) is 16.2. The average molecular weight is 326 g/mol. The Bertz CT molecular complexity index is 825. The largest absolute Gasteiger partial charge is 0.492 e. The van der Waals surface area contributed by atoms with E-state index in [-0.39, 0.29) is 5.91 Å². The number of carbonyl (C=O) groups is 1. The molecule has 0 aliphatic carbocycles. The Balaban J connectivity index is 1.74. The monoisotopic (exact) mass is 326 g/mol. The van der Waals surface area contributed by atoms with Gasteiger partial charge in [-0.1, -0.05) is 47.2 Å². The minimum Gasteiger partial charge on any atom is -0.492 e. The first-order valence-electron chi connectivity index (χ1n) is 7.53. The summed E-state index contributed by atoms with van der Waals surface area (Å²) in [5.74, 6) is 0.686. The lowest BCUT2D eigenvalue weighted by Crippen LogP contribution is -2.14. The van der Waals surface area contributed by atoms with Crippen LogP contribution in [0.3, 0.4) is 0 Å². The lowest BCUT2D eigenvalue weighted by atomic mass is 10.1. The van der Waals surface area contributed by atoms with Crippen LogP contribution in [0.15, 0.2) is 42.5 Å². The molecule has 3 aromatic rings. The molecule has 0 saturated heterocycles. The predicted molar refractivity (Wildman–Crippen MR) is 94.3 cm³/mol. The minimum absolute atomic E-state index is 0.0640. The highest BCUT2D eigenvalue weighted by Crippen LogP contribution is 2.32. The van der Waals surface area contributed by atoms with Gasteiger partial charge in [0.15, 0.2) is 5.13 Å². The van der Waals surface area contributed by atoms with Gasteiger partial charge in [-0.2, -0.15) is 0 Å². The summed E-state index contributed by atoms with van der Waals surface area (Å²) in [6, 6.07) is 13.8. The maximum atomic E-state index is 12.2. The number of anilines is 1. The van der Waals surface area contributed by atoms with E-state index in [0.717, 1.165) is 21.5 Å². The van der Waals surface area contributed by atoms with E-state index >= 15 is 0 Å². The first kappa shape index (κ1) is 15.5. The second-order valence-electron chi connectivity index (χ2n) is 5.27. The summed E-state index contributed by atoms with van der Waals surface area (Å²) in [5, 5.41) is 3.48. The molecule has 4 nitrogen and oxygen atoms in total. The molecular formula is C18H18N2O2S. The fourth-order valence-corrected chi connectivity index (χ4v) is 3.20. The number of aromatic nitrogens is 1. The van der Waals surface area contributed by atoms with Crippen LogP contribution < -0.4 is 10.1 Å². The second-order valence-corrected chi connectivity index (χ2v) is 6.30. The number of thiazole rings is 1. The highest BCUT2D eigenvalue weighted by molar-refractivity contribution is 7.22. The zero-order valence-electron chi connectivity index (χ0n) is 13.1. The number of nitrogens with zero attached hydrogens (tertiary/aromatic N) is 1. The smallest absolute Gasteiger partial charge is 0.230 e. The summed E-state index contributed by atoms with van der Waals surface area (Å²) in [7, 11) is 0. The normalized spacial score (nSPS) is 10.7. The Hall–Kier alpha value is -2.40. The summed E-state index contributed by atoms with van der Waals surface area (Å²) < 4.78 is 6.58. The number of benzene rings is 2. The maximum absolute atomic E-state index is 12.2. The minimum atomic E-state index is -0.0640. The number of hydrogen-bond donors (Lipinski definition) is 1. The number of nitrogens with one attached hydrogen (secondary N) is 1. The van der Waals surface area contributed by atoms with Crippen molar-refractivity contribution in [2.75, 3.05) is 11.9 Å². The van der Waals surface area contributed by atoms with Crippen LogP contribution in [-0.2, 0) is 11.2 Å². The molecule has 1 heterocycles. The zero-order valence-corrected chi connectivity index (χ0v) is 13.9. The van der Waals surface area contributed by atoms with Crippen LogP contribution in [0, 0.1) is 6.92 Å². The van der Waals surface area contributed by atoms with E-state index in [4.69, 9.17) is 4.74 Å². The SMILES string of the molecule is CCOc1cccc2sc(NC(=O)Cc3ccc(C)cc3)nc12. The summed E-state index contributed by atoms with van der Waals surface area (Å²) in [6.45, 7) is 4.56. The van der Waals surface area contributed by atoms with Gasteiger partial charge in [0.2, 0.25) is 5.91 Å². The molecule has 1 N–H and O–H groups in total. The van der Waals surface area contributed by atoms with Crippen LogP contribution in [0.5, 0.6) is 5.75 Å². The molecular weight excluding hydrogens is 308 g/mol. The molecule has 3 rings (SSSR count). The number of aryl methyl sites for hydroxylation is 1. The Morgan fingerprint density at radius 1 is 1.22 bits per heavy atom. The highest BCUT2D eigenvalue weighted by atomic mass is 32.1. The molecule has 23 heavy (non-hydrogen) atoms. The van der Waals surface area contributed by atoms with Gasteiger partial charge in [0.1, 0.15) is 11.3 Å².